The van der Waals surface area contributed by atoms with Crippen LogP contribution in [0.1, 0.15) is 13.8 Å². The predicted molar refractivity (Wildman–Crippen MR) is 44.1 cm³/mol. The van der Waals surface area contributed by atoms with Crippen LogP contribution in [0.25, 0.3) is 0 Å². The van der Waals surface area contributed by atoms with Crippen molar-refractivity contribution in [3.05, 3.63) is 0 Å². The van der Waals surface area contributed by atoms with Crippen molar-refractivity contribution in [3.63, 3.8) is 0 Å². The van der Waals surface area contributed by atoms with Crippen LogP contribution in [-0.4, -0.2) is 24.1 Å². The van der Waals surface area contributed by atoms with Gasteiger partial charge in [-0.15, -0.1) is 0 Å². The molecular weight excluding hydrogens is 172 g/mol. The van der Waals surface area contributed by atoms with Crippen LogP contribution in [0.4, 0.5) is 0 Å². The Labute approximate surface area is 75.8 Å². The second-order valence-corrected chi connectivity index (χ2v) is 2.32. The molecule has 0 aliphatic rings. The summed E-state index contributed by atoms with van der Waals surface area (Å²) in [6.07, 6.45) is 0. The van der Waals surface area contributed by atoms with Crippen LogP contribution in [-0.2, 0) is 14.3 Å². The molecular formula is C8H10N2O3. The Morgan fingerprint density at radius 1 is 1.62 bits per heavy atom. The van der Waals surface area contributed by atoms with Gasteiger partial charge in [0, 0.05) is 0 Å². The van der Waals surface area contributed by atoms with Gasteiger partial charge in [0.15, 0.2) is 11.7 Å². The van der Waals surface area contributed by atoms with E-state index in [1.807, 2.05) is 0 Å². The van der Waals surface area contributed by atoms with Crippen LogP contribution in [0.5, 0.6) is 0 Å². The lowest BCUT2D eigenvalue weighted by molar-refractivity contribution is -0.148. The topological polar surface area (TPSA) is 91.0 Å². The number of nitrogens with one attached hydrogen (secondary N) is 1. The van der Waals surface area contributed by atoms with Gasteiger partial charge in [-0.25, -0.2) is 0 Å². The zero-order valence-corrected chi connectivity index (χ0v) is 7.46. The fourth-order valence-corrected chi connectivity index (χ4v) is 0.777. The number of carbonyl (C=O) groups is 2. The molecule has 1 N–H and O–H groups in total. The van der Waals surface area contributed by atoms with Gasteiger partial charge in [0.1, 0.15) is 11.8 Å². The minimum absolute atomic E-state index is 0.126. The second kappa shape index (κ2) is 5.04. The van der Waals surface area contributed by atoms with Crippen molar-refractivity contribution in [1.82, 2.24) is 0 Å². The number of ether oxygens (including phenoxy) is 1. The van der Waals surface area contributed by atoms with Crippen molar-refractivity contribution in [2.75, 3.05) is 6.61 Å². The van der Waals surface area contributed by atoms with Crippen LogP contribution < -0.4 is 0 Å². The van der Waals surface area contributed by atoms with Gasteiger partial charge in [-0.2, -0.15) is 5.26 Å². The van der Waals surface area contributed by atoms with Gasteiger partial charge in [-0.05, 0) is 13.8 Å². The lowest BCUT2D eigenvalue weighted by Crippen LogP contribution is -2.30. The predicted octanol–water partition coefficient (Wildman–Crippen LogP) is 0.298. The Morgan fingerprint density at radius 2 is 2.15 bits per heavy atom. The number of nitriles is 1. The Morgan fingerprint density at radius 3 is 2.46 bits per heavy atom. The summed E-state index contributed by atoms with van der Waals surface area (Å²) in [5, 5.41) is 15.4. The van der Waals surface area contributed by atoms with Crippen molar-refractivity contribution >= 4 is 17.5 Å². The van der Waals surface area contributed by atoms with Gasteiger partial charge in [-0.1, -0.05) is 0 Å². The van der Waals surface area contributed by atoms with Gasteiger partial charge < -0.3 is 4.74 Å². The monoisotopic (exact) mass is 182 g/mol. The third-order valence-electron chi connectivity index (χ3n) is 1.34. The molecule has 0 heterocycles. The van der Waals surface area contributed by atoms with E-state index in [0.717, 1.165) is 6.92 Å². The van der Waals surface area contributed by atoms with Crippen LogP contribution in [0.3, 0.4) is 0 Å². The van der Waals surface area contributed by atoms with Crippen molar-refractivity contribution in [3.8, 4) is 6.07 Å². The summed E-state index contributed by atoms with van der Waals surface area (Å²) < 4.78 is 4.54. The molecule has 0 bridgehead atoms. The minimum Gasteiger partial charge on any atom is -0.465 e. The van der Waals surface area contributed by atoms with Gasteiger partial charge in [0.25, 0.3) is 0 Å². The maximum absolute atomic E-state index is 11.1. The van der Waals surface area contributed by atoms with Gasteiger partial charge in [0.2, 0.25) is 0 Å². The SMILES string of the molecule is CCOC(=O)C(C(=N)C#N)C(C)=O. The Hall–Kier alpha value is -1.70. The first-order valence-electron chi connectivity index (χ1n) is 3.70. The molecule has 0 fully saturated rings. The normalized spacial score (nSPS) is 11.2. The van der Waals surface area contributed by atoms with E-state index in [1.54, 1.807) is 6.92 Å². The molecule has 0 radical (unpaired) electrons. The van der Waals surface area contributed by atoms with Gasteiger partial charge >= 0.3 is 5.97 Å². The van der Waals surface area contributed by atoms with Crippen LogP contribution in [0.15, 0.2) is 0 Å². The zero-order valence-electron chi connectivity index (χ0n) is 7.46. The molecule has 0 aromatic heterocycles. The van der Waals surface area contributed by atoms with E-state index < -0.39 is 23.4 Å². The lowest BCUT2D eigenvalue weighted by Gasteiger charge is -2.08. The number of carbonyl (C=O) groups excluding carboxylic acids is 2. The Kier molecular flexibility index (Phi) is 4.38. The van der Waals surface area contributed by atoms with E-state index in [2.05, 4.69) is 4.74 Å². The third-order valence-corrected chi connectivity index (χ3v) is 1.34. The van der Waals surface area contributed by atoms with Crippen molar-refractivity contribution in [1.29, 1.82) is 10.7 Å². The zero-order chi connectivity index (χ0) is 10.4. The van der Waals surface area contributed by atoms with Gasteiger partial charge in [0.05, 0.1) is 6.61 Å². The first-order valence-corrected chi connectivity index (χ1v) is 3.70. The maximum atomic E-state index is 11.1. The van der Waals surface area contributed by atoms with Crippen LogP contribution in [0, 0.1) is 22.7 Å². The highest BCUT2D eigenvalue weighted by molar-refractivity contribution is 6.22. The first-order chi connectivity index (χ1) is 6.04. The quantitative estimate of drug-likeness (QED) is 0.384. The minimum atomic E-state index is -1.36. The molecule has 0 amide bonds. The molecule has 70 valence electrons. The van der Waals surface area contributed by atoms with Crippen molar-refractivity contribution < 1.29 is 14.3 Å². The number of rotatable bonds is 4. The molecule has 0 aromatic carbocycles. The summed E-state index contributed by atoms with van der Waals surface area (Å²) in [5.41, 5.74) is -0.578. The Bertz CT molecular complexity index is 278. The third kappa shape index (κ3) is 3.03. The molecule has 0 saturated carbocycles. The molecule has 0 aromatic rings. The fourth-order valence-electron chi connectivity index (χ4n) is 0.777. The highest BCUT2D eigenvalue weighted by Crippen LogP contribution is 2.03. The molecule has 0 aliphatic carbocycles. The summed E-state index contributed by atoms with van der Waals surface area (Å²) in [7, 11) is 0. The molecule has 13 heavy (non-hydrogen) atoms. The summed E-state index contributed by atoms with van der Waals surface area (Å²) >= 11 is 0. The van der Waals surface area contributed by atoms with E-state index in [0.29, 0.717) is 0 Å². The fraction of sp³-hybridized carbons (Fsp3) is 0.500. The average molecular weight is 182 g/mol. The summed E-state index contributed by atoms with van der Waals surface area (Å²) in [4.78, 5) is 21.9. The highest BCUT2D eigenvalue weighted by atomic mass is 16.5. The summed E-state index contributed by atoms with van der Waals surface area (Å²) in [6, 6.07) is 1.45. The Balaban J connectivity index is 4.64. The van der Waals surface area contributed by atoms with Crippen LogP contribution in [0.2, 0.25) is 0 Å². The molecule has 5 heteroatoms. The largest absolute Gasteiger partial charge is 0.465 e. The molecule has 0 spiro atoms. The number of Topliss-reactive ketones (excluding diaryl/α,β-unsaturated/α-hetero) is 1. The van der Waals surface area contributed by atoms with E-state index in [4.69, 9.17) is 10.7 Å². The number of ketones is 1. The molecule has 1 atom stereocenters. The standard InChI is InChI=1S/C8H10N2O3/c1-3-13-8(12)7(5(2)11)6(10)4-9/h7,10H,3H2,1-2H3. The maximum Gasteiger partial charge on any atom is 0.323 e. The summed E-state index contributed by atoms with van der Waals surface area (Å²) in [6.45, 7) is 2.86. The van der Waals surface area contributed by atoms with E-state index >= 15 is 0 Å². The lowest BCUT2D eigenvalue weighted by atomic mass is 10.0. The molecule has 1 unspecified atom stereocenters. The molecule has 0 aliphatic heterocycles. The number of hydrogen-bond donors (Lipinski definition) is 1. The molecule has 0 rings (SSSR count). The highest BCUT2D eigenvalue weighted by Gasteiger charge is 2.29. The number of esters is 1. The summed E-state index contributed by atoms with van der Waals surface area (Å²) in [5.74, 6) is -2.74. The molecule has 0 saturated heterocycles. The van der Waals surface area contributed by atoms with Gasteiger partial charge in [-0.3, -0.25) is 15.0 Å². The number of nitrogens with zero attached hydrogens (tertiary/aromatic N) is 1. The first kappa shape index (κ1) is 11.3. The van der Waals surface area contributed by atoms with E-state index in [9.17, 15) is 9.59 Å². The van der Waals surface area contributed by atoms with E-state index in [-0.39, 0.29) is 6.61 Å². The van der Waals surface area contributed by atoms with Crippen LogP contribution >= 0.6 is 0 Å². The van der Waals surface area contributed by atoms with E-state index in [1.165, 1.54) is 6.07 Å². The second-order valence-electron chi connectivity index (χ2n) is 2.32. The smallest absolute Gasteiger partial charge is 0.323 e. The van der Waals surface area contributed by atoms with Crippen molar-refractivity contribution in [2.24, 2.45) is 5.92 Å². The number of hydrogen-bond acceptors (Lipinski definition) is 5. The average Bonchev–Trinajstić information content (AvgIpc) is 2.04. The molecule has 5 nitrogen and oxygen atoms in total. The van der Waals surface area contributed by atoms with Crippen molar-refractivity contribution in [2.45, 2.75) is 13.8 Å².